The lowest BCUT2D eigenvalue weighted by Crippen LogP contribution is -2.41. The van der Waals surface area contributed by atoms with Gasteiger partial charge in [0.15, 0.2) is 0 Å². The molecule has 166 valence electrons. The number of hydrogen-bond acceptors (Lipinski definition) is 5. The van der Waals surface area contributed by atoms with Crippen molar-refractivity contribution in [3.8, 4) is 0 Å². The Bertz CT molecular complexity index is 1020. The smallest absolute Gasteiger partial charge is 0.279 e. The zero-order chi connectivity index (χ0) is 22.9. The van der Waals surface area contributed by atoms with E-state index < -0.39 is 5.91 Å². The number of amides is 3. The second kappa shape index (κ2) is 8.78. The van der Waals surface area contributed by atoms with E-state index in [1.54, 1.807) is 21.0 Å². The third kappa shape index (κ3) is 5.12. The van der Waals surface area contributed by atoms with Crippen LogP contribution in [0.2, 0.25) is 0 Å². The fourth-order valence-electron chi connectivity index (χ4n) is 3.77. The van der Waals surface area contributed by atoms with Crippen LogP contribution in [-0.4, -0.2) is 41.7 Å². The van der Waals surface area contributed by atoms with Crippen LogP contribution < -0.4 is 10.9 Å². The van der Waals surface area contributed by atoms with Gasteiger partial charge in [-0.25, -0.2) is 4.98 Å². The zero-order valence-electron chi connectivity index (χ0n) is 19.0. The molecular formula is C23H30N4O3S. The predicted molar refractivity (Wildman–Crippen MR) is 121 cm³/mol. The van der Waals surface area contributed by atoms with Crippen LogP contribution in [0.1, 0.15) is 73.8 Å². The molecule has 3 amide bonds. The molecule has 2 aromatic rings. The number of carbonyl (C=O) groups is 3. The summed E-state index contributed by atoms with van der Waals surface area (Å²) in [7, 11) is 3.28. The maximum Gasteiger partial charge on any atom is 0.279 e. The van der Waals surface area contributed by atoms with Crippen molar-refractivity contribution in [3.05, 3.63) is 50.5 Å². The molecule has 0 bridgehead atoms. The lowest BCUT2D eigenvalue weighted by molar-refractivity contribution is 0.0820. The summed E-state index contributed by atoms with van der Waals surface area (Å²) in [6, 6.07) is 5.00. The van der Waals surface area contributed by atoms with Crippen molar-refractivity contribution in [2.24, 2.45) is 11.3 Å². The molecule has 1 aliphatic carbocycles. The van der Waals surface area contributed by atoms with E-state index >= 15 is 0 Å². The number of pyridine rings is 1. The Morgan fingerprint density at radius 1 is 1.13 bits per heavy atom. The monoisotopic (exact) mass is 442 g/mol. The van der Waals surface area contributed by atoms with Gasteiger partial charge in [0.1, 0.15) is 5.69 Å². The Labute approximate surface area is 187 Å². The van der Waals surface area contributed by atoms with Gasteiger partial charge in [0, 0.05) is 19.0 Å². The van der Waals surface area contributed by atoms with E-state index in [0.29, 0.717) is 22.1 Å². The van der Waals surface area contributed by atoms with Gasteiger partial charge in [-0.15, -0.1) is 11.3 Å². The van der Waals surface area contributed by atoms with Crippen molar-refractivity contribution in [2.75, 3.05) is 14.1 Å². The summed E-state index contributed by atoms with van der Waals surface area (Å²) in [6.45, 7) is 8.44. The van der Waals surface area contributed by atoms with E-state index in [4.69, 9.17) is 0 Å². The van der Waals surface area contributed by atoms with Crippen LogP contribution in [0, 0.1) is 18.3 Å². The van der Waals surface area contributed by atoms with Crippen molar-refractivity contribution < 1.29 is 14.4 Å². The Hall–Kier alpha value is -2.74. The maximum absolute atomic E-state index is 12.6. The Kier molecular flexibility index (Phi) is 6.50. The van der Waals surface area contributed by atoms with Crippen molar-refractivity contribution in [1.29, 1.82) is 0 Å². The normalized spacial score (nSPS) is 15.7. The highest BCUT2D eigenvalue weighted by Crippen LogP contribution is 2.40. The first-order chi connectivity index (χ1) is 14.5. The van der Waals surface area contributed by atoms with Crippen molar-refractivity contribution in [1.82, 2.24) is 20.7 Å². The fraction of sp³-hybridized carbons (Fsp3) is 0.478. The number of nitrogens with one attached hydrogen (secondary N) is 2. The summed E-state index contributed by atoms with van der Waals surface area (Å²) in [5.74, 6) is -0.442. The fourth-order valence-corrected chi connectivity index (χ4v) is 4.87. The molecule has 1 atom stereocenters. The van der Waals surface area contributed by atoms with E-state index in [-0.39, 0.29) is 22.9 Å². The molecule has 1 unspecified atom stereocenters. The zero-order valence-corrected chi connectivity index (χ0v) is 19.8. The average molecular weight is 443 g/mol. The minimum atomic E-state index is -0.476. The first-order valence-corrected chi connectivity index (χ1v) is 11.2. The number of hydrazine groups is 1. The SMILES string of the molecule is Cc1nc(C(=O)N(C)C)ccc1C(=O)NNC(=O)c1cc2c(s1)CCC(C(C)(C)C)C2. The minimum absolute atomic E-state index is 0.237. The third-order valence-corrected chi connectivity index (χ3v) is 7.01. The van der Waals surface area contributed by atoms with Crippen LogP contribution >= 0.6 is 11.3 Å². The summed E-state index contributed by atoms with van der Waals surface area (Å²) in [5, 5.41) is 0. The highest BCUT2D eigenvalue weighted by Gasteiger charge is 2.30. The number of hydrogen-bond donors (Lipinski definition) is 2. The molecule has 0 aromatic carbocycles. The summed E-state index contributed by atoms with van der Waals surface area (Å²) in [5.41, 5.74) is 7.43. The quantitative estimate of drug-likeness (QED) is 0.713. The lowest BCUT2D eigenvalue weighted by atomic mass is 9.72. The molecule has 31 heavy (non-hydrogen) atoms. The van der Waals surface area contributed by atoms with Gasteiger partial charge in [-0.05, 0) is 61.3 Å². The van der Waals surface area contributed by atoms with Gasteiger partial charge >= 0.3 is 0 Å². The van der Waals surface area contributed by atoms with Crippen molar-refractivity contribution >= 4 is 29.1 Å². The van der Waals surface area contributed by atoms with Gasteiger partial charge in [0.2, 0.25) is 0 Å². The lowest BCUT2D eigenvalue weighted by Gasteiger charge is -2.33. The molecule has 0 saturated heterocycles. The summed E-state index contributed by atoms with van der Waals surface area (Å²) < 4.78 is 0. The molecule has 0 radical (unpaired) electrons. The molecule has 8 heteroatoms. The highest BCUT2D eigenvalue weighted by atomic mass is 32.1. The number of rotatable bonds is 3. The molecule has 2 aromatic heterocycles. The second-order valence-corrected chi connectivity index (χ2v) is 10.4. The van der Waals surface area contributed by atoms with Gasteiger partial charge in [-0.2, -0.15) is 0 Å². The van der Waals surface area contributed by atoms with E-state index in [1.807, 2.05) is 6.07 Å². The van der Waals surface area contributed by atoms with Crippen LogP contribution in [0.5, 0.6) is 0 Å². The van der Waals surface area contributed by atoms with Gasteiger partial charge in [0.05, 0.1) is 16.1 Å². The molecule has 2 N–H and O–H groups in total. The molecule has 0 aliphatic heterocycles. The van der Waals surface area contributed by atoms with Crippen LogP contribution in [0.4, 0.5) is 0 Å². The second-order valence-electron chi connectivity index (χ2n) is 9.30. The molecule has 7 nitrogen and oxygen atoms in total. The number of thiophene rings is 1. The number of aromatic nitrogens is 1. The highest BCUT2D eigenvalue weighted by molar-refractivity contribution is 7.14. The summed E-state index contributed by atoms with van der Waals surface area (Å²) in [6.07, 6.45) is 3.11. The number of nitrogens with zero attached hydrogens (tertiary/aromatic N) is 2. The van der Waals surface area contributed by atoms with E-state index in [2.05, 4.69) is 36.6 Å². The topological polar surface area (TPSA) is 91.4 Å². The Morgan fingerprint density at radius 3 is 2.42 bits per heavy atom. The van der Waals surface area contributed by atoms with E-state index in [1.165, 1.54) is 38.8 Å². The van der Waals surface area contributed by atoms with Crippen molar-refractivity contribution in [2.45, 2.75) is 47.0 Å². The molecule has 0 spiro atoms. The van der Waals surface area contributed by atoms with E-state index in [9.17, 15) is 14.4 Å². The number of carbonyl (C=O) groups excluding carboxylic acids is 3. The predicted octanol–water partition coefficient (Wildman–Crippen LogP) is 3.38. The standard InChI is InChI=1S/C23H30N4O3S/c1-13-16(8-9-17(24-13)22(30)27(5)6)20(28)25-26-21(29)19-12-14-11-15(23(2,3)4)7-10-18(14)31-19/h8-9,12,15H,7,10-11H2,1-6H3,(H,25,28)(H,26,29). The molecule has 1 aliphatic rings. The van der Waals surface area contributed by atoms with E-state index in [0.717, 1.165) is 19.3 Å². The van der Waals surface area contributed by atoms with Gasteiger partial charge in [-0.3, -0.25) is 25.2 Å². The van der Waals surface area contributed by atoms with Crippen molar-refractivity contribution in [3.63, 3.8) is 0 Å². The molecular weight excluding hydrogens is 412 g/mol. The molecule has 0 saturated carbocycles. The summed E-state index contributed by atoms with van der Waals surface area (Å²) in [4.78, 5) is 44.6. The molecule has 3 rings (SSSR count). The Balaban J connectivity index is 1.63. The third-order valence-electron chi connectivity index (χ3n) is 5.78. The van der Waals surface area contributed by atoms with Crippen LogP contribution in [0.3, 0.4) is 0 Å². The van der Waals surface area contributed by atoms with Crippen LogP contribution in [0.15, 0.2) is 18.2 Å². The summed E-state index contributed by atoms with van der Waals surface area (Å²) >= 11 is 1.50. The maximum atomic E-state index is 12.6. The largest absolute Gasteiger partial charge is 0.343 e. The van der Waals surface area contributed by atoms with Crippen LogP contribution in [0.25, 0.3) is 0 Å². The van der Waals surface area contributed by atoms with Gasteiger partial charge in [-0.1, -0.05) is 20.8 Å². The van der Waals surface area contributed by atoms with Crippen LogP contribution in [-0.2, 0) is 12.8 Å². The van der Waals surface area contributed by atoms with Gasteiger partial charge < -0.3 is 4.90 Å². The minimum Gasteiger partial charge on any atom is -0.343 e. The average Bonchev–Trinajstić information content (AvgIpc) is 3.13. The molecule has 2 heterocycles. The van der Waals surface area contributed by atoms with Gasteiger partial charge in [0.25, 0.3) is 17.7 Å². The first kappa shape index (κ1) is 22.9. The molecule has 0 fully saturated rings. The Morgan fingerprint density at radius 2 is 1.81 bits per heavy atom. The number of fused-ring (bicyclic) bond motifs is 1. The number of aryl methyl sites for hydroxylation is 2. The first-order valence-electron chi connectivity index (χ1n) is 10.4.